The van der Waals surface area contributed by atoms with Crippen LogP contribution >= 0.6 is 0 Å². The molecule has 0 aromatic heterocycles. The normalized spacial score (nSPS) is 31.6. The zero-order chi connectivity index (χ0) is 10.9. The largest absolute Gasteiger partial charge is 0.380 e. The van der Waals surface area contributed by atoms with E-state index in [0.29, 0.717) is 11.5 Å². The molecule has 2 saturated heterocycles. The molecule has 0 saturated carbocycles. The molecule has 2 aliphatic rings. The van der Waals surface area contributed by atoms with Gasteiger partial charge in [0, 0.05) is 31.1 Å². The van der Waals surface area contributed by atoms with Gasteiger partial charge in [-0.3, -0.25) is 0 Å². The molecule has 0 aliphatic carbocycles. The average Bonchev–Trinajstić information content (AvgIpc) is 2.12. The molecule has 2 aliphatic heterocycles. The van der Waals surface area contributed by atoms with Gasteiger partial charge in [0.05, 0.1) is 13.2 Å². The maximum absolute atomic E-state index is 5.49. The minimum Gasteiger partial charge on any atom is -0.380 e. The van der Waals surface area contributed by atoms with E-state index in [0.717, 1.165) is 32.2 Å². The van der Waals surface area contributed by atoms with Crippen molar-refractivity contribution in [3.63, 3.8) is 0 Å². The first-order chi connectivity index (χ1) is 7.14. The van der Waals surface area contributed by atoms with Crippen molar-refractivity contribution >= 4 is 0 Å². The lowest BCUT2D eigenvalue weighted by atomic mass is 9.71. The Morgan fingerprint density at radius 2 is 2.20 bits per heavy atom. The second-order valence-corrected chi connectivity index (χ2v) is 5.65. The van der Waals surface area contributed by atoms with E-state index < -0.39 is 0 Å². The van der Waals surface area contributed by atoms with Crippen molar-refractivity contribution in [3.8, 4) is 0 Å². The lowest BCUT2D eigenvalue weighted by Gasteiger charge is -2.53. The molecular weight excluding hydrogens is 188 g/mol. The highest BCUT2D eigenvalue weighted by molar-refractivity contribution is 4.99. The lowest BCUT2D eigenvalue weighted by Crippen LogP contribution is -2.64. The molecule has 1 atom stereocenters. The summed E-state index contributed by atoms with van der Waals surface area (Å²) in [5, 5.41) is 3.52. The molecular formula is C12H24N2O. The van der Waals surface area contributed by atoms with Crippen LogP contribution in [-0.4, -0.2) is 50.8 Å². The number of hydrogen-bond donors (Lipinski definition) is 1. The molecule has 1 N–H and O–H groups in total. The highest BCUT2D eigenvalue weighted by Gasteiger charge is 2.47. The third kappa shape index (κ3) is 2.19. The molecule has 0 amide bonds. The topological polar surface area (TPSA) is 24.5 Å². The van der Waals surface area contributed by atoms with E-state index in [1.165, 1.54) is 13.0 Å². The first-order valence-electron chi connectivity index (χ1n) is 6.13. The van der Waals surface area contributed by atoms with Crippen LogP contribution in [0, 0.1) is 11.3 Å². The summed E-state index contributed by atoms with van der Waals surface area (Å²) in [6.07, 6.45) is 1.30. The molecule has 0 bridgehead atoms. The van der Waals surface area contributed by atoms with Crippen molar-refractivity contribution in [2.45, 2.75) is 26.3 Å². The molecule has 2 heterocycles. The van der Waals surface area contributed by atoms with Gasteiger partial charge in [-0.15, -0.1) is 0 Å². The smallest absolute Gasteiger partial charge is 0.0560 e. The van der Waals surface area contributed by atoms with Crippen LogP contribution in [0.2, 0.25) is 0 Å². The second kappa shape index (κ2) is 4.40. The molecule has 88 valence electrons. The number of likely N-dealkylation sites (N-methyl/N-ethyl adjacent to an activating group) is 1. The zero-order valence-corrected chi connectivity index (χ0v) is 10.3. The Labute approximate surface area is 93.2 Å². The first kappa shape index (κ1) is 11.4. The minimum atomic E-state index is 0.427. The fourth-order valence-corrected chi connectivity index (χ4v) is 3.11. The quantitative estimate of drug-likeness (QED) is 0.754. The number of rotatable bonds is 3. The number of nitrogens with zero attached hydrogens (tertiary/aromatic N) is 1. The van der Waals surface area contributed by atoms with Crippen LogP contribution in [0.1, 0.15) is 20.3 Å². The molecule has 3 heteroatoms. The summed E-state index contributed by atoms with van der Waals surface area (Å²) in [5.74, 6) is 0.768. The summed E-state index contributed by atoms with van der Waals surface area (Å²) < 4.78 is 5.49. The molecule has 15 heavy (non-hydrogen) atoms. The number of nitrogens with one attached hydrogen (secondary N) is 1. The monoisotopic (exact) mass is 212 g/mol. The third-order valence-electron chi connectivity index (χ3n) is 3.81. The Bertz CT molecular complexity index is 214. The summed E-state index contributed by atoms with van der Waals surface area (Å²) in [4.78, 5) is 2.52. The molecule has 0 radical (unpaired) electrons. The second-order valence-electron chi connectivity index (χ2n) is 5.65. The van der Waals surface area contributed by atoms with E-state index in [9.17, 15) is 0 Å². The van der Waals surface area contributed by atoms with E-state index in [-0.39, 0.29) is 0 Å². The fourth-order valence-electron chi connectivity index (χ4n) is 3.11. The van der Waals surface area contributed by atoms with Gasteiger partial charge in [-0.1, -0.05) is 13.8 Å². The van der Waals surface area contributed by atoms with Crippen molar-refractivity contribution in [3.05, 3.63) is 0 Å². The van der Waals surface area contributed by atoms with Crippen molar-refractivity contribution in [2.24, 2.45) is 11.3 Å². The Morgan fingerprint density at radius 1 is 1.47 bits per heavy atom. The summed E-state index contributed by atoms with van der Waals surface area (Å²) >= 11 is 0. The zero-order valence-electron chi connectivity index (χ0n) is 10.3. The van der Waals surface area contributed by atoms with Gasteiger partial charge in [-0.05, 0) is 19.4 Å². The summed E-state index contributed by atoms with van der Waals surface area (Å²) in [7, 11) is 2.26. The average molecular weight is 212 g/mol. The van der Waals surface area contributed by atoms with Gasteiger partial charge in [0.15, 0.2) is 0 Å². The van der Waals surface area contributed by atoms with E-state index in [2.05, 4.69) is 31.1 Å². The summed E-state index contributed by atoms with van der Waals surface area (Å²) in [6, 6.07) is 0.669. The number of ether oxygens (including phenoxy) is 1. The molecule has 2 fully saturated rings. The standard InChI is InChI=1S/C12H24N2O/c1-10(2)6-12(8-15-9-12)11-7-13-4-5-14(11)3/h10-11,13H,4-9H2,1-3H3. The molecule has 0 spiro atoms. The number of piperazine rings is 1. The van der Waals surface area contributed by atoms with E-state index in [1.54, 1.807) is 0 Å². The van der Waals surface area contributed by atoms with Crippen molar-refractivity contribution in [2.75, 3.05) is 39.9 Å². The Hall–Kier alpha value is -0.120. The highest BCUT2D eigenvalue weighted by Crippen LogP contribution is 2.40. The van der Waals surface area contributed by atoms with Crippen LogP contribution in [0.25, 0.3) is 0 Å². The summed E-state index contributed by atoms with van der Waals surface area (Å²) in [6.45, 7) is 9.99. The van der Waals surface area contributed by atoms with Crippen LogP contribution < -0.4 is 5.32 Å². The Kier molecular flexibility index (Phi) is 3.33. The maximum atomic E-state index is 5.49. The van der Waals surface area contributed by atoms with E-state index in [4.69, 9.17) is 4.74 Å². The van der Waals surface area contributed by atoms with E-state index in [1.807, 2.05) is 0 Å². The van der Waals surface area contributed by atoms with Crippen LogP contribution in [0.3, 0.4) is 0 Å². The summed E-state index contributed by atoms with van der Waals surface area (Å²) in [5.41, 5.74) is 0.427. The molecule has 3 nitrogen and oxygen atoms in total. The van der Waals surface area contributed by atoms with Gasteiger partial charge >= 0.3 is 0 Å². The third-order valence-corrected chi connectivity index (χ3v) is 3.81. The van der Waals surface area contributed by atoms with Crippen LogP contribution in [-0.2, 0) is 4.74 Å². The fraction of sp³-hybridized carbons (Fsp3) is 1.00. The predicted octanol–water partition coefficient (Wildman–Crippen LogP) is 0.953. The van der Waals surface area contributed by atoms with Crippen LogP contribution in [0.4, 0.5) is 0 Å². The maximum Gasteiger partial charge on any atom is 0.0560 e. The van der Waals surface area contributed by atoms with Gasteiger partial charge < -0.3 is 15.0 Å². The highest BCUT2D eigenvalue weighted by atomic mass is 16.5. The number of hydrogen-bond acceptors (Lipinski definition) is 3. The van der Waals surface area contributed by atoms with Gasteiger partial charge in [-0.2, -0.15) is 0 Å². The van der Waals surface area contributed by atoms with Gasteiger partial charge in [-0.25, -0.2) is 0 Å². The van der Waals surface area contributed by atoms with Gasteiger partial charge in [0.2, 0.25) is 0 Å². The minimum absolute atomic E-state index is 0.427. The van der Waals surface area contributed by atoms with Crippen molar-refractivity contribution in [1.82, 2.24) is 10.2 Å². The predicted molar refractivity (Wildman–Crippen MR) is 62.0 cm³/mol. The Morgan fingerprint density at radius 3 is 2.67 bits per heavy atom. The van der Waals surface area contributed by atoms with Crippen LogP contribution in [0.15, 0.2) is 0 Å². The molecule has 2 rings (SSSR count). The molecule has 0 aromatic carbocycles. The molecule has 0 aromatic rings. The first-order valence-corrected chi connectivity index (χ1v) is 6.13. The van der Waals surface area contributed by atoms with Crippen LogP contribution in [0.5, 0.6) is 0 Å². The Balaban J connectivity index is 2.03. The van der Waals surface area contributed by atoms with Crippen molar-refractivity contribution in [1.29, 1.82) is 0 Å². The lowest BCUT2D eigenvalue weighted by molar-refractivity contribution is -0.163. The van der Waals surface area contributed by atoms with Gasteiger partial charge in [0.25, 0.3) is 0 Å². The SMILES string of the molecule is CC(C)CC1(C2CNCCN2C)COC1. The van der Waals surface area contributed by atoms with Crippen molar-refractivity contribution < 1.29 is 4.74 Å². The molecule has 1 unspecified atom stereocenters. The van der Waals surface area contributed by atoms with Gasteiger partial charge in [0.1, 0.15) is 0 Å². The van der Waals surface area contributed by atoms with E-state index >= 15 is 0 Å².